The molecule has 1 fully saturated rings. The molecule has 0 amide bonds. The number of fused-ring (bicyclic) bond motifs is 2. The Kier molecular flexibility index (Phi) is 2.41. The summed E-state index contributed by atoms with van der Waals surface area (Å²) >= 11 is 0. The predicted molar refractivity (Wildman–Crippen MR) is 55.0 cm³/mol. The van der Waals surface area contributed by atoms with Gasteiger partial charge in [-0.05, 0) is 19.3 Å². The highest BCUT2D eigenvalue weighted by molar-refractivity contribution is 7.86. The smallest absolute Gasteiger partial charge is 0.195 e. The van der Waals surface area contributed by atoms with Crippen molar-refractivity contribution in [3.05, 3.63) is 12.2 Å². The summed E-state index contributed by atoms with van der Waals surface area (Å²) in [4.78, 5) is 0. The molecule has 2 heterocycles. The van der Waals surface area contributed by atoms with Crippen molar-refractivity contribution in [3.63, 3.8) is 0 Å². The van der Waals surface area contributed by atoms with Crippen LogP contribution >= 0.6 is 0 Å². The van der Waals surface area contributed by atoms with Crippen LogP contribution in [-0.4, -0.2) is 43.2 Å². The van der Waals surface area contributed by atoms with Crippen LogP contribution in [0.1, 0.15) is 19.3 Å². The van der Waals surface area contributed by atoms with E-state index in [9.17, 15) is 8.42 Å². The van der Waals surface area contributed by atoms with Crippen LogP contribution in [0.2, 0.25) is 0 Å². The van der Waals surface area contributed by atoms with Crippen molar-refractivity contribution in [1.82, 2.24) is 8.61 Å². The molecular formula is C9H16N2O2S. The quantitative estimate of drug-likeness (QED) is 0.634. The molecule has 0 aromatic heterocycles. The van der Waals surface area contributed by atoms with E-state index in [1.165, 1.54) is 4.31 Å². The lowest BCUT2D eigenvalue weighted by Crippen LogP contribution is -2.47. The molecule has 0 aromatic rings. The van der Waals surface area contributed by atoms with E-state index < -0.39 is 10.2 Å². The highest BCUT2D eigenvalue weighted by Gasteiger charge is 2.42. The normalized spacial score (nSPS) is 32.8. The molecule has 0 aliphatic carbocycles. The van der Waals surface area contributed by atoms with Gasteiger partial charge in [0.2, 0.25) is 0 Å². The number of hydrogen-bond acceptors (Lipinski definition) is 2. The molecule has 1 saturated heterocycles. The van der Waals surface area contributed by atoms with E-state index in [2.05, 4.69) is 6.08 Å². The third-order valence-electron chi connectivity index (χ3n) is 2.98. The molecule has 5 heteroatoms. The minimum absolute atomic E-state index is 0.0983. The van der Waals surface area contributed by atoms with Crippen molar-refractivity contribution in [1.29, 1.82) is 0 Å². The maximum atomic E-state index is 12.0. The summed E-state index contributed by atoms with van der Waals surface area (Å²) in [7, 11) is -0.0397. The van der Waals surface area contributed by atoms with E-state index in [4.69, 9.17) is 0 Å². The molecule has 2 atom stereocenters. The van der Waals surface area contributed by atoms with Gasteiger partial charge in [0.05, 0.1) is 0 Å². The number of hydrogen-bond donors (Lipinski definition) is 0. The Bertz CT molecular complexity index is 348. The van der Waals surface area contributed by atoms with Crippen molar-refractivity contribution < 1.29 is 8.42 Å². The fourth-order valence-corrected chi connectivity index (χ4v) is 3.70. The van der Waals surface area contributed by atoms with Crippen LogP contribution < -0.4 is 0 Å². The molecule has 0 saturated carbocycles. The maximum absolute atomic E-state index is 12.0. The molecule has 2 aliphatic rings. The van der Waals surface area contributed by atoms with Crippen LogP contribution in [0.15, 0.2) is 12.2 Å². The van der Waals surface area contributed by atoms with E-state index in [0.717, 1.165) is 19.3 Å². The van der Waals surface area contributed by atoms with Gasteiger partial charge in [0.25, 0.3) is 10.2 Å². The molecule has 2 aliphatic heterocycles. The van der Waals surface area contributed by atoms with Gasteiger partial charge in [0, 0.05) is 26.2 Å². The second kappa shape index (κ2) is 3.32. The van der Waals surface area contributed by atoms with E-state index >= 15 is 0 Å². The zero-order valence-electron chi connectivity index (χ0n) is 8.55. The third-order valence-corrected chi connectivity index (χ3v) is 5.00. The molecule has 0 N–H and O–H groups in total. The number of nitrogens with zero attached hydrogens (tertiary/aromatic N) is 2. The Morgan fingerprint density at radius 2 is 2.07 bits per heavy atom. The van der Waals surface area contributed by atoms with E-state index in [0.29, 0.717) is 0 Å². The molecular weight excluding hydrogens is 200 g/mol. The van der Waals surface area contributed by atoms with Gasteiger partial charge in [-0.3, -0.25) is 0 Å². The second-order valence-electron chi connectivity index (χ2n) is 4.08. The van der Waals surface area contributed by atoms with Crippen LogP contribution in [0, 0.1) is 0 Å². The number of rotatable bonds is 2. The van der Waals surface area contributed by atoms with Crippen LogP contribution in [0.25, 0.3) is 0 Å². The summed E-state index contributed by atoms with van der Waals surface area (Å²) in [6.45, 7) is 0. The first-order valence-corrected chi connectivity index (χ1v) is 6.31. The first-order chi connectivity index (χ1) is 6.53. The Morgan fingerprint density at radius 1 is 1.36 bits per heavy atom. The predicted octanol–water partition coefficient (Wildman–Crippen LogP) is 0.586. The van der Waals surface area contributed by atoms with Crippen LogP contribution in [0.4, 0.5) is 0 Å². The van der Waals surface area contributed by atoms with Gasteiger partial charge in [-0.1, -0.05) is 12.2 Å². The van der Waals surface area contributed by atoms with Gasteiger partial charge < -0.3 is 0 Å². The Balaban J connectivity index is 2.32. The van der Waals surface area contributed by atoms with Gasteiger partial charge in [-0.25, -0.2) is 0 Å². The van der Waals surface area contributed by atoms with E-state index in [-0.39, 0.29) is 12.1 Å². The van der Waals surface area contributed by atoms with Crippen LogP contribution in [0.5, 0.6) is 0 Å². The van der Waals surface area contributed by atoms with Crippen molar-refractivity contribution in [2.45, 2.75) is 31.3 Å². The summed E-state index contributed by atoms with van der Waals surface area (Å²) in [6.07, 6.45) is 6.94. The molecule has 14 heavy (non-hydrogen) atoms. The van der Waals surface area contributed by atoms with Crippen LogP contribution in [-0.2, 0) is 10.2 Å². The zero-order valence-corrected chi connectivity index (χ0v) is 9.37. The van der Waals surface area contributed by atoms with Gasteiger partial charge in [0.15, 0.2) is 0 Å². The lowest BCUT2D eigenvalue weighted by molar-refractivity contribution is 0.317. The fourth-order valence-electron chi connectivity index (χ4n) is 2.23. The molecule has 2 rings (SSSR count). The maximum Gasteiger partial charge on any atom is 0.282 e. The van der Waals surface area contributed by atoms with Crippen molar-refractivity contribution >= 4 is 10.2 Å². The van der Waals surface area contributed by atoms with E-state index in [1.54, 1.807) is 18.4 Å². The SMILES string of the molecule is CN(C)S(=O)(=O)N1C2C=CCC1CC2. The minimum Gasteiger partial charge on any atom is -0.195 e. The molecule has 2 bridgehead atoms. The van der Waals surface area contributed by atoms with Crippen LogP contribution in [0.3, 0.4) is 0 Å². The summed E-state index contributed by atoms with van der Waals surface area (Å²) < 4.78 is 26.9. The Hall–Kier alpha value is -0.390. The lowest BCUT2D eigenvalue weighted by Gasteiger charge is -2.32. The summed E-state index contributed by atoms with van der Waals surface area (Å²) in [5.41, 5.74) is 0. The highest BCUT2D eigenvalue weighted by Crippen LogP contribution is 2.34. The zero-order chi connectivity index (χ0) is 10.3. The molecule has 4 nitrogen and oxygen atoms in total. The fraction of sp³-hybridized carbons (Fsp3) is 0.778. The largest absolute Gasteiger partial charge is 0.282 e. The van der Waals surface area contributed by atoms with Gasteiger partial charge in [-0.15, -0.1) is 0 Å². The molecule has 0 spiro atoms. The summed E-state index contributed by atoms with van der Waals surface area (Å²) in [5.74, 6) is 0. The Labute approximate surface area is 85.4 Å². The highest BCUT2D eigenvalue weighted by atomic mass is 32.2. The first-order valence-electron chi connectivity index (χ1n) is 4.91. The van der Waals surface area contributed by atoms with Crippen molar-refractivity contribution in [2.24, 2.45) is 0 Å². The van der Waals surface area contributed by atoms with Crippen molar-refractivity contribution in [3.8, 4) is 0 Å². The lowest BCUT2D eigenvalue weighted by atomic mass is 10.2. The van der Waals surface area contributed by atoms with Gasteiger partial charge in [-0.2, -0.15) is 17.0 Å². The topological polar surface area (TPSA) is 40.6 Å². The Morgan fingerprint density at radius 3 is 2.64 bits per heavy atom. The molecule has 0 radical (unpaired) electrons. The summed E-state index contributed by atoms with van der Waals surface area (Å²) in [5, 5.41) is 0. The van der Waals surface area contributed by atoms with E-state index in [1.807, 2.05) is 6.08 Å². The molecule has 80 valence electrons. The average Bonchev–Trinajstić information content (AvgIpc) is 2.38. The average molecular weight is 216 g/mol. The van der Waals surface area contributed by atoms with Crippen molar-refractivity contribution in [2.75, 3.05) is 14.1 Å². The second-order valence-corrected chi connectivity index (χ2v) is 6.13. The monoisotopic (exact) mass is 216 g/mol. The van der Waals surface area contributed by atoms with Gasteiger partial charge >= 0.3 is 0 Å². The molecule has 0 aromatic carbocycles. The van der Waals surface area contributed by atoms with Gasteiger partial charge in [0.1, 0.15) is 0 Å². The summed E-state index contributed by atoms with van der Waals surface area (Å²) in [6, 6.07) is 0.290. The first kappa shape index (κ1) is 10.1. The standard InChI is InChI=1S/C9H16N2O2S/c1-10(2)14(12,13)11-8-4-3-5-9(11)7-6-8/h3-4,8-9H,5-7H2,1-2H3. The molecule has 2 unspecified atom stereocenters. The minimum atomic E-state index is -3.22. The third kappa shape index (κ3) is 1.39.